The van der Waals surface area contributed by atoms with Crippen molar-refractivity contribution in [1.82, 2.24) is 0 Å². The summed E-state index contributed by atoms with van der Waals surface area (Å²) in [5, 5.41) is 3.58. The summed E-state index contributed by atoms with van der Waals surface area (Å²) in [6, 6.07) is 62.2. The smallest absolute Gasteiger partial charge is 0.135 e. The highest BCUT2D eigenvalue weighted by Crippen LogP contribution is 2.40. The lowest BCUT2D eigenvalue weighted by molar-refractivity contribution is 0.631. The van der Waals surface area contributed by atoms with E-state index in [1.54, 1.807) is 0 Å². The summed E-state index contributed by atoms with van der Waals surface area (Å²) in [6.45, 7) is 0. The maximum Gasteiger partial charge on any atom is 0.135 e. The summed E-state index contributed by atoms with van der Waals surface area (Å²) in [5.74, 6) is 0.859. The average Bonchev–Trinajstić information content (AvgIpc) is 3.54. The fourth-order valence-corrected chi connectivity index (χ4v) is 6.00. The van der Waals surface area contributed by atoms with Gasteiger partial charge >= 0.3 is 0 Å². The highest BCUT2D eigenvalue weighted by Gasteiger charge is 2.16. The van der Waals surface area contributed by atoms with Gasteiger partial charge in [-0.2, -0.15) is 0 Å². The molecule has 0 aliphatic carbocycles. The molecule has 44 heavy (non-hydrogen) atoms. The molecule has 0 aliphatic rings. The molecule has 1 heterocycles. The van der Waals surface area contributed by atoms with Crippen LogP contribution in [-0.2, 0) is 0 Å². The topological polar surface area (TPSA) is 16.4 Å². The first-order chi connectivity index (χ1) is 21.8. The molecule has 0 radical (unpaired) electrons. The minimum Gasteiger partial charge on any atom is -0.456 e. The van der Waals surface area contributed by atoms with E-state index in [2.05, 4.69) is 163 Å². The van der Waals surface area contributed by atoms with Crippen molar-refractivity contribution in [3.63, 3.8) is 0 Å². The molecule has 0 saturated carbocycles. The lowest BCUT2D eigenvalue weighted by atomic mass is 10.00. The second-order valence-corrected chi connectivity index (χ2v) is 11.1. The van der Waals surface area contributed by atoms with Crippen molar-refractivity contribution < 1.29 is 4.42 Å². The molecule has 0 saturated heterocycles. The molecule has 1 aromatic heterocycles. The monoisotopic (exact) mass is 563 g/mol. The maximum absolute atomic E-state index is 6.26. The molecule has 0 spiro atoms. The van der Waals surface area contributed by atoms with Gasteiger partial charge in [0.1, 0.15) is 11.3 Å². The van der Waals surface area contributed by atoms with Gasteiger partial charge in [-0.1, -0.05) is 121 Å². The van der Waals surface area contributed by atoms with Gasteiger partial charge in [0.15, 0.2) is 0 Å². The Morgan fingerprint density at radius 2 is 0.886 bits per heavy atom. The zero-order valence-electron chi connectivity index (χ0n) is 24.1. The van der Waals surface area contributed by atoms with Gasteiger partial charge in [0.05, 0.1) is 0 Å². The zero-order chi connectivity index (χ0) is 29.3. The van der Waals surface area contributed by atoms with Crippen molar-refractivity contribution in [3.05, 3.63) is 176 Å². The van der Waals surface area contributed by atoms with E-state index in [1.165, 1.54) is 33.0 Å². The summed E-state index contributed by atoms with van der Waals surface area (Å²) in [5.41, 5.74) is 9.93. The number of fused-ring (bicyclic) bond motifs is 2. The number of para-hydroxylation sites is 1. The Morgan fingerprint density at radius 3 is 1.66 bits per heavy atom. The van der Waals surface area contributed by atoms with E-state index >= 15 is 0 Å². The molecule has 0 aliphatic heterocycles. The lowest BCUT2D eigenvalue weighted by Crippen LogP contribution is -2.10. The van der Waals surface area contributed by atoms with Crippen LogP contribution >= 0.6 is 0 Å². The lowest BCUT2D eigenvalue weighted by Gasteiger charge is -2.26. The molecule has 2 nitrogen and oxygen atoms in total. The molecule has 2 heteroatoms. The summed E-state index contributed by atoms with van der Waals surface area (Å²) >= 11 is 0. The first-order valence-electron chi connectivity index (χ1n) is 14.9. The summed E-state index contributed by atoms with van der Waals surface area (Å²) < 4.78 is 6.26. The van der Waals surface area contributed by atoms with Crippen LogP contribution in [0.4, 0.5) is 17.1 Å². The Hall–Kier alpha value is -5.86. The van der Waals surface area contributed by atoms with Crippen LogP contribution in [-0.4, -0.2) is 0 Å². The molecule has 208 valence electrons. The molecule has 0 amide bonds. The fourth-order valence-electron chi connectivity index (χ4n) is 6.00. The second kappa shape index (κ2) is 11.1. The van der Waals surface area contributed by atoms with Crippen LogP contribution in [0.2, 0.25) is 0 Å². The first-order valence-corrected chi connectivity index (χ1v) is 14.9. The van der Waals surface area contributed by atoms with Crippen LogP contribution in [0.25, 0.3) is 55.3 Å². The molecule has 8 rings (SSSR count). The Balaban J connectivity index is 1.24. The van der Waals surface area contributed by atoms with Gasteiger partial charge in [0, 0.05) is 28.0 Å². The normalized spacial score (nSPS) is 11.2. The fraction of sp³-hybridized carbons (Fsp3) is 0. The van der Waals surface area contributed by atoms with Gasteiger partial charge in [-0.3, -0.25) is 0 Å². The molecule has 0 fully saturated rings. The van der Waals surface area contributed by atoms with Crippen molar-refractivity contribution >= 4 is 38.8 Å². The molecule has 8 aromatic rings. The third-order valence-electron chi connectivity index (χ3n) is 8.23. The molecule has 0 N–H and O–H groups in total. The van der Waals surface area contributed by atoms with E-state index < -0.39 is 0 Å². The van der Waals surface area contributed by atoms with Crippen molar-refractivity contribution in [2.45, 2.75) is 0 Å². The summed E-state index contributed by atoms with van der Waals surface area (Å²) in [4.78, 5) is 2.32. The first kappa shape index (κ1) is 25.8. The number of rotatable bonds is 6. The van der Waals surface area contributed by atoms with E-state index in [-0.39, 0.29) is 0 Å². The van der Waals surface area contributed by atoms with E-state index in [4.69, 9.17) is 4.42 Å². The van der Waals surface area contributed by atoms with Crippen LogP contribution in [0.5, 0.6) is 0 Å². The van der Waals surface area contributed by atoms with Crippen molar-refractivity contribution in [3.8, 4) is 33.6 Å². The molecule has 7 aromatic carbocycles. The van der Waals surface area contributed by atoms with Gasteiger partial charge < -0.3 is 9.32 Å². The highest BCUT2D eigenvalue weighted by atomic mass is 16.3. The minimum atomic E-state index is 0.859. The van der Waals surface area contributed by atoms with Crippen LogP contribution in [0, 0.1) is 0 Å². The SMILES string of the molecule is c1ccc(-c2ccc(N(c3cccc(-c4ccc5ccccc5c4)c3)c3cccc(-c4cc5ccccc5o4)c3)cc2)cc1. The highest BCUT2D eigenvalue weighted by molar-refractivity contribution is 5.89. The molecule has 0 bridgehead atoms. The molecule has 0 atom stereocenters. The third-order valence-corrected chi connectivity index (χ3v) is 8.23. The number of anilines is 3. The molecular weight excluding hydrogens is 534 g/mol. The Bertz CT molecular complexity index is 2190. The van der Waals surface area contributed by atoms with Crippen LogP contribution < -0.4 is 4.90 Å². The van der Waals surface area contributed by atoms with Crippen LogP contribution in [0.15, 0.2) is 180 Å². The van der Waals surface area contributed by atoms with E-state index in [0.29, 0.717) is 0 Å². The predicted octanol–water partition coefficient (Wildman–Crippen LogP) is 12.1. The molecular formula is C42H29NO. The van der Waals surface area contributed by atoms with Gasteiger partial charge in [0.25, 0.3) is 0 Å². The zero-order valence-corrected chi connectivity index (χ0v) is 24.1. The van der Waals surface area contributed by atoms with Crippen molar-refractivity contribution in [1.29, 1.82) is 0 Å². The summed E-state index contributed by atoms with van der Waals surface area (Å²) in [6.07, 6.45) is 0. The van der Waals surface area contributed by atoms with Crippen LogP contribution in [0.1, 0.15) is 0 Å². The summed E-state index contributed by atoms with van der Waals surface area (Å²) in [7, 11) is 0. The Kier molecular flexibility index (Phi) is 6.51. The largest absolute Gasteiger partial charge is 0.456 e. The van der Waals surface area contributed by atoms with E-state index in [1.807, 2.05) is 18.2 Å². The maximum atomic E-state index is 6.26. The Labute approximate surface area is 257 Å². The average molecular weight is 564 g/mol. The number of benzene rings is 7. The second-order valence-electron chi connectivity index (χ2n) is 11.1. The Morgan fingerprint density at radius 1 is 0.318 bits per heavy atom. The van der Waals surface area contributed by atoms with Gasteiger partial charge in [-0.05, 0) is 87.6 Å². The van der Waals surface area contributed by atoms with Gasteiger partial charge in [0.2, 0.25) is 0 Å². The van der Waals surface area contributed by atoms with Crippen molar-refractivity contribution in [2.24, 2.45) is 0 Å². The van der Waals surface area contributed by atoms with Crippen LogP contribution in [0.3, 0.4) is 0 Å². The van der Waals surface area contributed by atoms with Crippen molar-refractivity contribution in [2.75, 3.05) is 4.90 Å². The number of nitrogens with zero attached hydrogens (tertiary/aromatic N) is 1. The number of furan rings is 1. The van der Waals surface area contributed by atoms with E-state index in [9.17, 15) is 0 Å². The third kappa shape index (κ3) is 4.93. The molecule has 0 unspecified atom stereocenters. The van der Waals surface area contributed by atoms with Gasteiger partial charge in [-0.25, -0.2) is 0 Å². The minimum absolute atomic E-state index is 0.859. The number of hydrogen-bond donors (Lipinski definition) is 0. The number of hydrogen-bond acceptors (Lipinski definition) is 2. The standard InChI is InChI=1S/C42H29NO/c1-2-10-30(11-3-1)32-22-24-38(25-23-32)43(40-18-9-16-36(28-40)42-29-37-14-6-7-19-41(37)44-42)39-17-8-15-34(27-39)35-21-20-31-12-4-5-13-33(31)26-35/h1-29H. The predicted molar refractivity (Wildman–Crippen MR) is 185 cm³/mol. The quantitative estimate of drug-likeness (QED) is 0.200. The van der Waals surface area contributed by atoms with E-state index in [0.717, 1.165) is 39.4 Å². The van der Waals surface area contributed by atoms with Gasteiger partial charge in [-0.15, -0.1) is 0 Å².